The molecule has 6 nitrogen and oxygen atoms in total. The van der Waals surface area contributed by atoms with Crippen LogP contribution in [0.4, 0.5) is 5.69 Å². The van der Waals surface area contributed by atoms with Gasteiger partial charge in [0.1, 0.15) is 11.4 Å². The summed E-state index contributed by atoms with van der Waals surface area (Å²) in [5, 5.41) is 1.41. The van der Waals surface area contributed by atoms with Gasteiger partial charge in [-0.1, -0.05) is 0 Å². The van der Waals surface area contributed by atoms with E-state index in [1.165, 1.54) is 0 Å². The van der Waals surface area contributed by atoms with Gasteiger partial charge < -0.3 is 15.4 Å². The smallest absolute Gasteiger partial charge is 0.272 e. The van der Waals surface area contributed by atoms with Gasteiger partial charge >= 0.3 is 0 Å². The third kappa shape index (κ3) is 3.38. The molecule has 0 fully saturated rings. The highest BCUT2D eigenvalue weighted by atomic mass is 16.5. The number of carbonyl (C=O) groups excluding carboxylic acids is 1. The summed E-state index contributed by atoms with van der Waals surface area (Å²) in [5.74, 6) is 0.500. The molecular formula is C19H20N4O2. The van der Waals surface area contributed by atoms with Crippen LogP contribution in [0, 0.1) is 0 Å². The molecule has 0 spiro atoms. The molecule has 0 aliphatic carbocycles. The Morgan fingerprint density at radius 3 is 2.64 bits per heavy atom. The number of anilines is 1. The lowest BCUT2D eigenvalue weighted by Crippen LogP contribution is -2.29. The predicted octanol–water partition coefficient (Wildman–Crippen LogP) is 2.54. The van der Waals surface area contributed by atoms with Gasteiger partial charge in [0.15, 0.2) is 0 Å². The summed E-state index contributed by atoms with van der Waals surface area (Å²) in [4.78, 5) is 22.8. The molecular weight excluding hydrogens is 316 g/mol. The number of nitrogen functional groups attached to an aromatic ring is 1. The van der Waals surface area contributed by atoms with Gasteiger partial charge in [0.2, 0.25) is 0 Å². The maximum Gasteiger partial charge on any atom is 0.272 e. The van der Waals surface area contributed by atoms with Crippen molar-refractivity contribution >= 4 is 22.4 Å². The van der Waals surface area contributed by atoms with Crippen molar-refractivity contribution in [3.63, 3.8) is 0 Å². The van der Waals surface area contributed by atoms with Crippen LogP contribution in [0.5, 0.6) is 5.75 Å². The van der Waals surface area contributed by atoms with Crippen LogP contribution < -0.4 is 10.5 Å². The van der Waals surface area contributed by atoms with Crippen LogP contribution in [0.15, 0.2) is 48.9 Å². The molecule has 0 bridgehead atoms. The van der Waals surface area contributed by atoms with E-state index in [-0.39, 0.29) is 5.91 Å². The van der Waals surface area contributed by atoms with Crippen molar-refractivity contribution in [3.8, 4) is 5.75 Å². The zero-order valence-electron chi connectivity index (χ0n) is 14.3. The largest absolute Gasteiger partial charge is 0.496 e. The molecule has 2 N–H and O–H groups in total. The summed E-state index contributed by atoms with van der Waals surface area (Å²) in [5.41, 5.74) is 8.08. The van der Waals surface area contributed by atoms with Gasteiger partial charge in [0.25, 0.3) is 5.91 Å². The first-order chi connectivity index (χ1) is 12.1. The Balaban J connectivity index is 1.89. The lowest BCUT2D eigenvalue weighted by Gasteiger charge is -2.18. The lowest BCUT2D eigenvalue weighted by atomic mass is 10.1. The first kappa shape index (κ1) is 16.7. The third-order valence-corrected chi connectivity index (χ3v) is 4.17. The SMILES string of the molecule is COc1ccc(N)c2c(C(=O)N(C)CCc3ccncc3)nccc12. The molecule has 1 amide bonds. The third-order valence-electron chi connectivity index (χ3n) is 4.17. The second-order valence-electron chi connectivity index (χ2n) is 5.77. The molecule has 128 valence electrons. The van der Waals surface area contributed by atoms with Gasteiger partial charge in [-0.05, 0) is 42.3 Å². The fourth-order valence-electron chi connectivity index (χ4n) is 2.77. The standard InChI is InChI=1S/C19H20N4O2/c1-23(12-8-13-5-9-21-10-6-13)19(24)18-17-14(7-11-22-18)16(25-2)4-3-15(17)20/h3-7,9-11H,8,12,20H2,1-2H3. The van der Waals surface area contributed by atoms with E-state index in [0.717, 1.165) is 17.4 Å². The van der Waals surface area contributed by atoms with Crippen LogP contribution in [-0.2, 0) is 6.42 Å². The molecule has 25 heavy (non-hydrogen) atoms. The van der Waals surface area contributed by atoms with Crippen molar-refractivity contribution in [2.45, 2.75) is 6.42 Å². The molecule has 0 saturated heterocycles. The van der Waals surface area contributed by atoms with Crippen LogP contribution in [0.1, 0.15) is 16.1 Å². The second kappa shape index (κ2) is 7.17. The number of pyridine rings is 2. The molecule has 3 rings (SSSR count). The number of nitrogens with two attached hydrogens (primary N) is 1. The summed E-state index contributed by atoms with van der Waals surface area (Å²) < 4.78 is 5.37. The first-order valence-corrected chi connectivity index (χ1v) is 7.97. The molecule has 0 atom stereocenters. The monoisotopic (exact) mass is 336 g/mol. The van der Waals surface area contributed by atoms with Gasteiger partial charge in [-0.2, -0.15) is 0 Å². The molecule has 0 aliphatic rings. The highest BCUT2D eigenvalue weighted by Gasteiger charge is 2.19. The van der Waals surface area contributed by atoms with Crippen molar-refractivity contribution in [2.75, 3.05) is 26.4 Å². The number of likely N-dealkylation sites (N-methyl/N-ethyl adjacent to an activating group) is 1. The summed E-state index contributed by atoms with van der Waals surface area (Å²) >= 11 is 0. The number of carbonyl (C=O) groups is 1. The van der Waals surface area contributed by atoms with E-state index in [1.807, 2.05) is 12.1 Å². The highest BCUT2D eigenvalue weighted by molar-refractivity contribution is 6.11. The van der Waals surface area contributed by atoms with Gasteiger partial charge in [-0.3, -0.25) is 14.8 Å². The fraction of sp³-hybridized carbons (Fsp3) is 0.211. The van der Waals surface area contributed by atoms with Crippen LogP contribution >= 0.6 is 0 Å². The van der Waals surface area contributed by atoms with E-state index in [1.54, 1.807) is 55.8 Å². The molecule has 2 heterocycles. The molecule has 1 aromatic carbocycles. The summed E-state index contributed by atoms with van der Waals surface area (Å²) in [6.07, 6.45) is 5.84. The first-order valence-electron chi connectivity index (χ1n) is 7.97. The van der Waals surface area contributed by atoms with Crippen molar-refractivity contribution in [2.24, 2.45) is 0 Å². The molecule has 3 aromatic rings. The number of rotatable bonds is 5. The van der Waals surface area contributed by atoms with Crippen LogP contribution in [0.25, 0.3) is 10.8 Å². The maximum atomic E-state index is 12.9. The minimum Gasteiger partial charge on any atom is -0.496 e. The number of methoxy groups -OCH3 is 1. The Morgan fingerprint density at radius 2 is 1.92 bits per heavy atom. The normalized spacial score (nSPS) is 10.6. The maximum absolute atomic E-state index is 12.9. The van der Waals surface area contributed by atoms with E-state index >= 15 is 0 Å². The van der Waals surface area contributed by atoms with Crippen LogP contribution in [-0.4, -0.2) is 41.5 Å². The average molecular weight is 336 g/mol. The second-order valence-corrected chi connectivity index (χ2v) is 5.77. The van der Waals surface area contributed by atoms with Crippen LogP contribution in [0.2, 0.25) is 0 Å². The zero-order valence-corrected chi connectivity index (χ0v) is 14.3. The van der Waals surface area contributed by atoms with Gasteiger partial charge in [-0.15, -0.1) is 0 Å². The van der Waals surface area contributed by atoms with E-state index in [0.29, 0.717) is 29.1 Å². The minimum absolute atomic E-state index is 0.167. The van der Waals surface area contributed by atoms with Crippen molar-refractivity contribution in [1.82, 2.24) is 14.9 Å². The number of ether oxygens (including phenoxy) is 1. The molecule has 0 aliphatic heterocycles. The number of aromatic nitrogens is 2. The summed E-state index contributed by atoms with van der Waals surface area (Å²) in [7, 11) is 3.36. The molecule has 0 saturated carbocycles. The van der Waals surface area contributed by atoms with Gasteiger partial charge in [-0.25, -0.2) is 0 Å². The highest BCUT2D eigenvalue weighted by Crippen LogP contribution is 2.31. The number of hydrogen-bond donors (Lipinski definition) is 1. The van der Waals surface area contributed by atoms with E-state index in [2.05, 4.69) is 9.97 Å². The number of amides is 1. The van der Waals surface area contributed by atoms with Crippen molar-refractivity contribution < 1.29 is 9.53 Å². The topological polar surface area (TPSA) is 81.3 Å². The Bertz CT molecular complexity index is 897. The molecule has 0 unspecified atom stereocenters. The summed E-state index contributed by atoms with van der Waals surface area (Å²) in [6, 6.07) is 9.21. The predicted molar refractivity (Wildman–Crippen MR) is 97.6 cm³/mol. The van der Waals surface area contributed by atoms with E-state index < -0.39 is 0 Å². The van der Waals surface area contributed by atoms with E-state index in [4.69, 9.17) is 10.5 Å². The minimum atomic E-state index is -0.167. The van der Waals surface area contributed by atoms with Crippen molar-refractivity contribution in [1.29, 1.82) is 0 Å². The molecule has 2 aromatic heterocycles. The Labute approximate surface area is 146 Å². The average Bonchev–Trinajstić information content (AvgIpc) is 2.66. The zero-order chi connectivity index (χ0) is 17.8. The quantitative estimate of drug-likeness (QED) is 0.724. The van der Waals surface area contributed by atoms with E-state index in [9.17, 15) is 4.79 Å². The molecule has 6 heteroatoms. The van der Waals surface area contributed by atoms with Crippen molar-refractivity contribution in [3.05, 3.63) is 60.2 Å². The Kier molecular flexibility index (Phi) is 4.79. The lowest BCUT2D eigenvalue weighted by molar-refractivity contribution is 0.0793. The van der Waals surface area contributed by atoms with Crippen LogP contribution in [0.3, 0.4) is 0 Å². The summed E-state index contributed by atoms with van der Waals surface area (Å²) in [6.45, 7) is 0.574. The Morgan fingerprint density at radius 1 is 1.16 bits per heavy atom. The number of hydrogen-bond acceptors (Lipinski definition) is 5. The van der Waals surface area contributed by atoms with Gasteiger partial charge in [0, 0.05) is 48.6 Å². The fourth-order valence-corrected chi connectivity index (χ4v) is 2.77. The Hall–Kier alpha value is -3.15. The number of nitrogens with zero attached hydrogens (tertiary/aromatic N) is 3. The number of fused-ring (bicyclic) bond motifs is 1. The van der Waals surface area contributed by atoms with Gasteiger partial charge in [0.05, 0.1) is 7.11 Å². The number of benzene rings is 1. The molecule has 0 radical (unpaired) electrons.